The SMILES string of the molecule is CC(=O)Nc1ccccc1-c1c(F)c(F)c(F)c(F)c1F. The maximum Gasteiger partial charge on any atom is 0.221 e. The maximum atomic E-state index is 13.8. The molecule has 0 saturated carbocycles. The molecule has 0 spiro atoms. The Morgan fingerprint density at radius 2 is 1.33 bits per heavy atom. The normalized spacial score (nSPS) is 10.6. The molecule has 0 radical (unpaired) electrons. The number of rotatable bonds is 2. The highest BCUT2D eigenvalue weighted by molar-refractivity contribution is 5.94. The minimum atomic E-state index is -2.23. The highest BCUT2D eigenvalue weighted by Crippen LogP contribution is 2.35. The Hall–Kier alpha value is -2.44. The molecular weight excluding hydrogens is 293 g/mol. The summed E-state index contributed by atoms with van der Waals surface area (Å²) in [6.07, 6.45) is 0. The summed E-state index contributed by atoms with van der Waals surface area (Å²) < 4.78 is 67.0. The second-order valence-electron chi connectivity index (χ2n) is 4.17. The first-order chi connectivity index (χ1) is 9.84. The van der Waals surface area contributed by atoms with E-state index < -0.39 is 40.6 Å². The summed E-state index contributed by atoms with van der Waals surface area (Å²) in [5.41, 5.74) is -1.45. The molecule has 1 amide bonds. The quantitative estimate of drug-likeness (QED) is 0.507. The van der Waals surface area contributed by atoms with E-state index in [0.717, 1.165) is 13.0 Å². The maximum absolute atomic E-state index is 13.8. The summed E-state index contributed by atoms with van der Waals surface area (Å²) >= 11 is 0. The van der Waals surface area contributed by atoms with Crippen LogP contribution in [0.15, 0.2) is 24.3 Å². The van der Waals surface area contributed by atoms with Crippen molar-refractivity contribution in [2.45, 2.75) is 6.92 Å². The zero-order chi connectivity index (χ0) is 15.7. The Labute approximate surface area is 116 Å². The molecule has 0 heterocycles. The minimum Gasteiger partial charge on any atom is -0.326 e. The lowest BCUT2D eigenvalue weighted by Crippen LogP contribution is -2.09. The molecular formula is C14H8F5NO. The number of anilines is 1. The van der Waals surface area contributed by atoms with Crippen molar-refractivity contribution in [3.8, 4) is 11.1 Å². The third-order valence-corrected chi connectivity index (χ3v) is 2.72. The summed E-state index contributed by atoms with van der Waals surface area (Å²) in [4.78, 5) is 11.0. The van der Waals surface area contributed by atoms with E-state index in [4.69, 9.17) is 0 Å². The average Bonchev–Trinajstić information content (AvgIpc) is 2.44. The van der Waals surface area contributed by atoms with Crippen LogP contribution in [0.4, 0.5) is 27.6 Å². The van der Waals surface area contributed by atoms with Gasteiger partial charge < -0.3 is 5.32 Å². The molecule has 0 aliphatic heterocycles. The van der Waals surface area contributed by atoms with Crippen LogP contribution in [-0.4, -0.2) is 5.91 Å². The van der Waals surface area contributed by atoms with Crippen molar-refractivity contribution in [1.82, 2.24) is 0 Å². The van der Waals surface area contributed by atoms with Crippen LogP contribution in [0.3, 0.4) is 0 Å². The molecule has 21 heavy (non-hydrogen) atoms. The second kappa shape index (κ2) is 5.51. The second-order valence-corrected chi connectivity index (χ2v) is 4.17. The van der Waals surface area contributed by atoms with Gasteiger partial charge in [-0.15, -0.1) is 0 Å². The van der Waals surface area contributed by atoms with Crippen LogP contribution in [0.1, 0.15) is 6.92 Å². The lowest BCUT2D eigenvalue weighted by atomic mass is 10.0. The molecule has 2 rings (SSSR count). The topological polar surface area (TPSA) is 29.1 Å². The molecule has 0 aliphatic carbocycles. The van der Waals surface area contributed by atoms with Crippen molar-refractivity contribution in [2.24, 2.45) is 0 Å². The predicted octanol–water partition coefficient (Wildman–Crippen LogP) is 4.01. The molecule has 0 fully saturated rings. The number of carbonyl (C=O) groups is 1. The highest BCUT2D eigenvalue weighted by atomic mass is 19.2. The van der Waals surface area contributed by atoms with Crippen molar-refractivity contribution in [3.05, 3.63) is 53.4 Å². The summed E-state index contributed by atoms with van der Waals surface area (Å²) in [6, 6.07) is 5.22. The van der Waals surface area contributed by atoms with E-state index in [2.05, 4.69) is 5.32 Å². The Bertz CT molecular complexity index is 701. The first-order valence-electron chi connectivity index (χ1n) is 5.73. The van der Waals surface area contributed by atoms with E-state index in [-0.39, 0.29) is 11.3 Å². The highest BCUT2D eigenvalue weighted by Gasteiger charge is 2.27. The Morgan fingerprint density at radius 1 is 0.857 bits per heavy atom. The summed E-state index contributed by atoms with van der Waals surface area (Å²) in [5, 5.41) is 2.27. The molecule has 2 nitrogen and oxygen atoms in total. The molecule has 1 N–H and O–H groups in total. The van der Waals surface area contributed by atoms with E-state index in [0.29, 0.717) is 0 Å². The predicted molar refractivity (Wildman–Crippen MR) is 66.0 cm³/mol. The largest absolute Gasteiger partial charge is 0.326 e. The van der Waals surface area contributed by atoms with Crippen molar-refractivity contribution in [1.29, 1.82) is 0 Å². The number of amides is 1. The first-order valence-corrected chi connectivity index (χ1v) is 5.73. The molecule has 110 valence electrons. The van der Waals surface area contributed by atoms with Gasteiger partial charge in [-0.25, -0.2) is 22.0 Å². The molecule has 0 unspecified atom stereocenters. The smallest absolute Gasteiger partial charge is 0.221 e. The van der Waals surface area contributed by atoms with Gasteiger partial charge in [-0.1, -0.05) is 18.2 Å². The van der Waals surface area contributed by atoms with Gasteiger partial charge in [0, 0.05) is 18.2 Å². The Morgan fingerprint density at radius 3 is 1.86 bits per heavy atom. The third-order valence-electron chi connectivity index (χ3n) is 2.72. The average molecular weight is 301 g/mol. The van der Waals surface area contributed by atoms with Gasteiger partial charge in [-0.05, 0) is 6.07 Å². The Kier molecular flexibility index (Phi) is 3.93. The number of hydrogen-bond donors (Lipinski definition) is 1. The molecule has 0 bridgehead atoms. The van der Waals surface area contributed by atoms with E-state index in [1.54, 1.807) is 0 Å². The molecule has 2 aromatic carbocycles. The number of nitrogens with one attached hydrogen (secondary N) is 1. The zero-order valence-electron chi connectivity index (χ0n) is 10.6. The monoisotopic (exact) mass is 301 g/mol. The molecule has 0 atom stereocenters. The van der Waals surface area contributed by atoms with Crippen LogP contribution in [0.25, 0.3) is 11.1 Å². The fourth-order valence-corrected chi connectivity index (χ4v) is 1.84. The number of para-hydroxylation sites is 1. The van der Waals surface area contributed by atoms with Crippen LogP contribution in [-0.2, 0) is 4.79 Å². The molecule has 2 aromatic rings. The van der Waals surface area contributed by atoms with Crippen LogP contribution in [0.2, 0.25) is 0 Å². The minimum absolute atomic E-state index is 0.0618. The van der Waals surface area contributed by atoms with E-state index in [1.807, 2.05) is 0 Å². The van der Waals surface area contributed by atoms with Gasteiger partial charge in [0.15, 0.2) is 23.3 Å². The van der Waals surface area contributed by atoms with Crippen molar-refractivity contribution < 1.29 is 26.7 Å². The van der Waals surface area contributed by atoms with Crippen LogP contribution >= 0.6 is 0 Å². The first kappa shape index (κ1) is 15.0. The summed E-state index contributed by atoms with van der Waals surface area (Å²) in [6.45, 7) is 1.15. The fourth-order valence-electron chi connectivity index (χ4n) is 1.84. The molecule has 0 aromatic heterocycles. The number of hydrogen-bond acceptors (Lipinski definition) is 1. The van der Waals surface area contributed by atoms with Crippen molar-refractivity contribution in [3.63, 3.8) is 0 Å². The standard InChI is InChI=1S/C14H8F5NO/c1-6(21)20-8-5-3-2-4-7(8)9-10(15)12(17)14(19)13(18)11(9)16/h2-5H,1H3,(H,20,21). The number of benzene rings is 2. The third kappa shape index (κ3) is 2.58. The van der Waals surface area contributed by atoms with E-state index in [9.17, 15) is 26.7 Å². The number of carbonyl (C=O) groups excluding carboxylic acids is 1. The van der Waals surface area contributed by atoms with E-state index in [1.165, 1.54) is 18.2 Å². The number of halogens is 5. The van der Waals surface area contributed by atoms with E-state index >= 15 is 0 Å². The molecule has 0 saturated heterocycles. The molecule has 7 heteroatoms. The van der Waals surface area contributed by atoms with Gasteiger partial charge in [0.05, 0.1) is 5.56 Å². The lowest BCUT2D eigenvalue weighted by molar-refractivity contribution is -0.114. The van der Waals surface area contributed by atoms with Gasteiger partial charge in [-0.3, -0.25) is 4.79 Å². The van der Waals surface area contributed by atoms with Gasteiger partial charge >= 0.3 is 0 Å². The Balaban J connectivity index is 2.77. The summed E-state index contributed by atoms with van der Waals surface area (Å²) in [7, 11) is 0. The lowest BCUT2D eigenvalue weighted by Gasteiger charge is -2.13. The fraction of sp³-hybridized carbons (Fsp3) is 0.0714. The van der Waals surface area contributed by atoms with Gasteiger partial charge in [0.25, 0.3) is 0 Å². The van der Waals surface area contributed by atoms with Gasteiger partial charge in [-0.2, -0.15) is 0 Å². The van der Waals surface area contributed by atoms with Crippen molar-refractivity contribution in [2.75, 3.05) is 5.32 Å². The van der Waals surface area contributed by atoms with Gasteiger partial charge in [0.2, 0.25) is 11.7 Å². The zero-order valence-corrected chi connectivity index (χ0v) is 10.6. The van der Waals surface area contributed by atoms with Crippen LogP contribution in [0, 0.1) is 29.1 Å². The van der Waals surface area contributed by atoms with Crippen molar-refractivity contribution >= 4 is 11.6 Å². The van der Waals surface area contributed by atoms with Crippen LogP contribution in [0.5, 0.6) is 0 Å². The molecule has 0 aliphatic rings. The van der Waals surface area contributed by atoms with Gasteiger partial charge in [0.1, 0.15) is 0 Å². The van der Waals surface area contributed by atoms with Crippen LogP contribution < -0.4 is 5.32 Å². The summed E-state index contributed by atoms with van der Waals surface area (Å²) in [5.74, 6) is -10.8.